The van der Waals surface area contributed by atoms with Crippen LogP contribution in [0.4, 0.5) is 5.69 Å². The predicted octanol–water partition coefficient (Wildman–Crippen LogP) is 2.12. The molecular weight excluding hydrogens is 284 g/mol. The van der Waals surface area contributed by atoms with Crippen LogP contribution in [0.1, 0.15) is 37.0 Å². The summed E-state index contributed by atoms with van der Waals surface area (Å²) in [5.41, 5.74) is 1.77. The molecule has 7 nitrogen and oxygen atoms in total. The molecule has 0 atom stereocenters. The minimum Gasteiger partial charge on any atom is -0.476 e. The number of hydrogen-bond donors (Lipinski definition) is 2. The Balaban J connectivity index is 2.48. The van der Waals surface area contributed by atoms with E-state index in [4.69, 9.17) is 0 Å². The zero-order chi connectivity index (χ0) is 16.3. The summed E-state index contributed by atoms with van der Waals surface area (Å²) in [6.07, 6.45) is 0.541. The van der Waals surface area contributed by atoms with Crippen molar-refractivity contribution in [1.82, 2.24) is 15.0 Å². The van der Waals surface area contributed by atoms with E-state index in [1.165, 1.54) is 11.6 Å². The van der Waals surface area contributed by atoms with Gasteiger partial charge in [-0.15, -0.1) is 5.10 Å². The SMILES string of the molecule is CC(=O)Nc1cccc(-n2nnc(C(=O)O)c2CC(C)C)c1. The number of carboxylic acids is 1. The Morgan fingerprint density at radius 1 is 1.36 bits per heavy atom. The van der Waals surface area contributed by atoms with Crippen LogP contribution in [0.25, 0.3) is 5.69 Å². The van der Waals surface area contributed by atoms with Crippen LogP contribution >= 0.6 is 0 Å². The molecule has 0 radical (unpaired) electrons. The number of anilines is 1. The summed E-state index contributed by atoms with van der Waals surface area (Å²) < 4.78 is 1.51. The van der Waals surface area contributed by atoms with E-state index in [1.807, 2.05) is 13.8 Å². The second kappa shape index (κ2) is 6.38. The fourth-order valence-corrected chi connectivity index (χ4v) is 2.16. The molecular formula is C15H18N4O3. The maximum atomic E-state index is 11.3. The summed E-state index contributed by atoms with van der Waals surface area (Å²) in [6, 6.07) is 7.03. The van der Waals surface area contributed by atoms with Gasteiger partial charge in [-0.2, -0.15) is 0 Å². The van der Waals surface area contributed by atoms with Crippen LogP contribution in [-0.4, -0.2) is 32.0 Å². The molecule has 1 amide bonds. The van der Waals surface area contributed by atoms with Gasteiger partial charge in [0.05, 0.1) is 11.4 Å². The molecule has 0 spiro atoms. The van der Waals surface area contributed by atoms with Crippen molar-refractivity contribution in [2.75, 3.05) is 5.32 Å². The molecule has 7 heteroatoms. The first kappa shape index (κ1) is 15.7. The van der Waals surface area contributed by atoms with Crippen molar-refractivity contribution in [3.05, 3.63) is 35.7 Å². The molecule has 1 heterocycles. The third-order valence-electron chi connectivity index (χ3n) is 2.98. The highest BCUT2D eigenvalue weighted by atomic mass is 16.4. The van der Waals surface area contributed by atoms with Crippen LogP contribution < -0.4 is 5.32 Å². The van der Waals surface area contributed by atoms with Gasteiger partial charge in [0.25, 0.3) is 0 Å². The van der Waals surface area contributed by atoms with E-state index in [-0.39, 0.29) is 17.5 Å². The third-order valence-corrected chi connectivity index (χ3v) is 2.98. The normalized spacial score (nSPS) is 10.7. The number of nitrogens with zero attached hydrogens (tertiary/aromatic N) is 3. The van der Waals surface area contributed by atoms with E-state index in [1.54, 1.807) is 24.3 Å². The average Bonchev–Trinajstić information content (AvgIpc) is 2.81. The summed E-state index contributed by atoms with van der Waals surface area (Å²) in [4.78, 5) is 22.4. The fraction of sp³-hybridized carbons (Fsp3) is 0.333. The number of carbonyl (C=O) groups excluding carboxylic acids is 1. The Hall–Kier alpha value is -2.70. The zero-order valence-electron chi connectivity index (χ0n) is 12.7. The summed E-state index contributed by atoms with van der Waals surface area (Å²) in [7, 11) is 0. The minimum atomic E-state index is -1.10. The lowest BCUT2D eigenvalue weighted by Crippen LogP contribution is -2.10. The molecule has 0 aliphatic rings. The van der Waals surface area contributed by atoms with Crippen LogP contribution in [-0.2, 0) is 11.2 Å². The molecule has 1 aromatic heterocycles. The second-order valence-corrected chi connectivity index (χ2v) is 5.43. The first-order valence-corrected chi connectivity index (χ1v) is 6.94. The van der Waals surface area contributed by atoms with E-state index in [9.17, 15) is 14.7 Å². The summed E-state index contributed by atoms with van der Waals surface area (Å²) in [6.45, 7) is 5.42. The second-order valence-electron chi connectivity index (χ2n) is 5.43. The van der Waals surface area contributed by atoms with Crippen molar-refractivity contribution >= 4 is 17.6 Å². The molecule has 2 rings (SSSR count). The molecule has 0 fully saturated rings. The number of hydrogen-bond acceptors (Lipinski definition) is 4. The number of amides is 1. The standard InChI is InChI=1S/C15H18N4O3/c1-9(2)7-13-14(15(21)22)17-18-19(13)12-6-4-5-11(8-12)16-10(3)20/h4-6,8-9H,7H2,1-3H3,(H,16,20)(H,21,22). The molecule has 0 aliphatic heterocycles. The van der Waals surface area contributed by atoms with E-state index in [0.29, 0.717) is 23.5 Å². The van der Waals surface area contributed by atoms with Crippen molar-refractivity contribution in [2.24, 2.45) is 5.92 Å². The van der Waals surface area contributed by atoms with Crippen LogP contribution in [0.5, 0.6) is 0 Å². The average molecular weight is 302 g/mol. The zero-order valence-corrected chi connectivity index (χ0v) is 12.7. The van der Waals surface area contributed by atoms with Crippen LogP contribution in [0.2, 0.25) is 0 Å². The molecule has 116 valence electrons. The molecule has 0 unspecified atom stereocenters. The van der Waals surface area contributed by atoms with Crippen molar-refractivity contribution in [3.8, 4) is 5.69 Å². The summed E-state index contributed by atoms with van der Waals surface area (Å²) >= 11 is 0. The Morgan fingerprint density at radius 2 is 2.09 bits per heavy atom. The van der Waals surface area contributed by atoms with Gasteiger partial charge in [0.15, 0.2) is 5.69 Å². The number of benzene rings is 1. The highest BCUT2D eigenvalue weighted by Gasteiger charge is 2.20. The lowest BCUT2D eigenvalue weighted by atomic mass is 10.1. The lowest BCUT2D eigenvalue weighted by molar-refractivity contribution is -0.114. The Morgan fingerprint density at radius 3 is 2.68 bits per heavy atom. The predicted molar refractivity (Wildman–Crippen MR) is 81.2 cm³/mol. The minimum absolute atomic E-state index is 0.0429. The number of aromatic nitrogens is 3. The van der Waals surface area contributed by atoms with Crippen LogP contribution in [0.15, 0.2) is 24.3 Å². The molecule has 22 heavy (non-hydrogen) atoms. The molecule has 0 aliphatic carbocycles. The maximum Gasteiger partial charge on any atom is 0.358 e. The van der Waals surface area contributed by atoms with Gasteiger partial charge in [-0.25, -0.2) is 9.48 Å². The molecule has 2 aromatic rings. The Bertz CT molecular complexity index is 707. The largest absolute Gasteiger partial charge is 0.476 e. The first-order chi connectivity index (χ1) is 10.4. The van der Waals surface area contributed by atoms with E-state index < -0.39 is 5.97 Å². The van der Waals surface area contributed by atoms with Gasteiger partial charge in [0.2, 0.25) is 5.91 Å². The monoisotopic (exact) mass is 302 g/mol. The highest BCUT2D eigenvalue weighted by molar-refractivity contribution is 5.89. The van der Waals surface area contributed by atoms with Crippen LogP contribution in [0, 0.1) is 5.92 Å². The van der Waals surface area contributed by atoms with Gasteiger partial charge in [0.1, 0.15) is 0 Å². The Kier molecular flexibility index (Phi) is 4.55. The quantitative estimate of drug-likeness (QED) is 0.881. The lowest BCUT2D eigenvalue weighted by Gasteiger charge is -2.10. The van der Waals surface area contributed by atoms with Crippen molar-refractivity contribution < 1.29 is 14.7 Å². The molecule has 1 aromatic carbocycles. The number of nitrogens with one attached hydrogen (secondary N) is 1. The van der Waals surface area contributed by atoms with E-state index in [0.717, 1.165) is 0 Å². The van der Waals surface area contributed by atoms with Gasteiger partial charge >= 0.3 is 5.97 Å². The van der Waals surface area contributed by atoms with E-state index >= 15 is 0 Å². The number of carbonyl (C=O) groups is 2. The first-order valence-electron chi connectivity index (χ1n) is 6.94. The Labute approximate surface area is 128 Å². The van der Waals surface area contributed by atoms with Gasteiger partial charge in [-0.1, -0.05) is 25.1 Å². The fourth-order valence-electron chi connectivity index (χ4n) is 2.16. The number of carboxylic acid groups (broad SMARTS) is 1. The smallest absolute Gasteiger partial charge is 0.358 e. The molecule has 0 saturated heterocycles. The van der Waals surface area contributed by atoms with Gasteiger partial charge < -0.3 is 10.4 Å². The van der Waals surface area contributed by atoms with Crippen molar-refractivity contribution in [3.63, 3.8) is 0 Å². The molecule has 0 saturated carbocycles. The van der Waals surface area contributed by atoms with Gasteiger partial charge in [-0.05, 0) is 30.5 Å². The highest BCUT2D eigenvalue weighted by Crippen LogP contribution is 2.19. The van der Waals surface area contributed by atoms with Crippen molar-refractivity contribution in [2.45, 2.75) is 27.2 Å². The van der Waals surface area contributed by atoms with Gasteiger partial charge in [-0.3, -0.25) is 4.79 Å². The topological polar surface area (TPSA) is 97.1 Å². The molecule has 2 N–H and O–H groups in total. The van der Waals surface area contributed by atoms with Crippen LogP contribution in [0.3, 0.4) is 0 Å². The third kappa shape index (κ3) is 3.49. The number of aromatic carboxylic acids is 1. The van der Waals surface area contributed by atoms with Gasteiger partial charge in [0, 0.05) is 12.6 Å². The maximum absolute atomic E-state index is 11.3. The summed E-state index contributed by atoms with van der Waals surface area (Å²) in [5, 5.41) is 19.6. The van der Waals surface area contributed by atoms with Crippen molar-refractivity contribution in [1.29, 1.82) is 0 Å². The number of rotatable bonds is 5. The van der Waals surface area contributed by atoms with E-state index in [2.05, 4.69) is 15.6 Å². The summed E-state index contributed by atoms with van der Waals surface area (Å²) in [5.74, 6) is -1.02. The molecule has 0 bridgehead atoms.